The molecule has 0 aromatic carbocycles. The van der Waals surface area contributed by atoms with Crippen molar-refractivity contribution in [1.82, 2.24) is 9.55 Å². The predicted octanol–water partition coefficient (Wildman–Crippen LogP) is 1.81. The molecule has 90 valence electrons. The fourth-order valence-electron chi connectivity index (χ4n) is 1.51. The zero-order valence-electron chi connectivity index (χ0n) is 9.97. The Hall–Kier alpha value is -1.52. The molecule has 1 aromatic rings. The number of carboxylic acids is 1. The Morgan fingerprint density at radius 1 is 1.62 bits per heavy atom. The Morgan fingerprint density at radius 3 is 2.81 bits per heavy atom. The molecule has 16 heavy (non-hydrogen) atoms. The number of carboxylic acid groups (broad SMARTS) is 1. The number of nitrogens with zero attached hydrogens (tertiary/aromatic N) is 2. The first-order valence-corrected chi connectivity index (χ1v) is 5.54. The molecule has 5 heteroatoms. The van der Waals surface area contributed by atoms with Crippen LogP contribution in [0, 0.1) is 5.92 Å². The van der Waals surface area contributed by atoms with Crippen LogP contribution in [0.5, 0.6) is 0 Å². The number of rotatable bonds is 6. The lowest BCUT2D eigenvalue weighted by atomic mass is 10.0. The van der Waals surface area contributed by atoms with Gasteiger partial charge in [0, 0.05) is 25.0 Å². The second-order valence-corrected chi connectivity index (χ2v) is 4.13. The molecule has 2 N–H and O–H groups in total. The second kappa shape index (κ2) is 5.53. The average molecular weight is 225 g/mol. The lowest BCUT2D eigenvalue weighted by molar-refractivity contribution is -0.137. The third-order valence-corrected chi connectivity index (χ3v) is 2.57. The van der Waals surface area contributed by atoms with Crippen molar-refractivity contribution < 1.29 is 9.90 Å². The number of aliphatic carboxylic acids is 1. The first-order valence-electron chi connectivity index (χ1n) is 5.54. The molecule has 1 rings (SSSR count). The molecule has 0 amide bonds. The van der Waals surface area contributed by atoms with Crippen LogP contribution in [0.15, 0.2) is 12.4 Å². The SMILES string of the molecule is CCn1ccnc1NC(CC(=O)O)C(C)C. The fraction of sp³-hybridized carbons (Fsp3) is 0.636. The van der Waals surface area contributed by atoms with Crippen LogP contribution in [0.25, 0.3) is 0 Å². The van der Waals surface area contributed by atoms with Crippen LogP contribution < -0.4 is 5.32 Å². The summed E-state index contributed by atoms with van der Waals surface area (Å²) >= 11 is 0. The number of nitrogens with one attached hydrogen (secondary N) is 1. The lowest BCUT2D eigenvalue weighted by Gasteiger charge is -2.21. The van der Waals surface area contributed by atoms with E-state index < -0.39 is 5.97 Å². The summed E-state index contributed by atoms with van der Waals surface area (Å²) in [6.45, 7) is 6.84. The summed E-state index contributed by atoms with van der Waals surface area (Å²) in [6, 6.07) is -0.0924. The van der Waals surface area contributed by atoms with Crippen LogP contribution >= 0.6 is 0 Å². The Kier molecular flexibility index (Phi) is 4.34. The minimum absolute atomic E-state index is 0.0924. The summed E-state index contributed by atoms with van der Waals surface area (Å²) in [4.78, 5) is 14.9. The van der Waals surface area contributed by atoms with E-state index in [-0.39, 0.29) is 18.4 Å². The maximum Gasteiger partial charge on any atom is 0.305 e. The van der Waals surface area contributed by atoms with Crippen molar-refractivity contribution in [3.63, 3.8) is 0 Å². The molecule has 0 bridgehead atoms. The molecule has 0 aliphatic carbocycles. The van der Waals surface area contributed by atoms with Crippen LogP contribution in [-0.2, 0) is 11.3 Å². The highest BCUT2D eigenvalue weighted by Gasteiger charge is 2.18. The van der Waals surface area contributed by atoms with Gasteiger partial charge in [-0.1, -0.05) is 13.8 Å². The highest BCUT2D eigenvalue weighted by atomic mass is 16.4. The van der Waals surface area contributed by atoms with Crippen molar-refractivity contribution in [3.05, 3.63) is 12.4 Å². The molecule has 1 heterocycles. The minimum atomic E-state index is -0.791. The number of anilines is 1. The van der Waals surface area contributed by atoms with E-state index in [2.05, 4.69) is 10.3 Å². The first kappa shape index (κ1) is 12.5. The van der Waals surface area contributed by atoms with Gasteiger partial charge in [-0.2, -0.15) is 0 Å². The van der Waals surface area contributed by atoms with Crippen molar-refractivity contribution in [2.24, 2.45) is 5.92 Å². The fourth-order valence-corrected chi connectivity index (χ4v) is 1.51. The quantitative estimate of drug-likeness (QED) is 0.775. The van der Waals surface area contributed by atoms with E-state index in [1.54, 1.807) is 6.20 Å². The van der Waals surface area contributed by atoms with E-state index in [1.807, 2.05) is 31.5 Å². The Labute approximate surface area is 95.5 Å². The molecule has 0 saturated heterocycles. The Bertz CT molecular complexity index is 347. The van der Waals surface area contributed by atoms with Gasteiger partial charge in [0.1, 0.15) is 0 Å². The maximum absolute atomic E-state index is 10.7. The average Bonchev–Trinajstić information content (AvgIpc) is 2.63. The number of carbonyl (C=O) groups is 1. The molecule has 0 saturated carbocycles. The normalized spacial score (nSPS) is 12.8. The summed E-state index contributed by atoms with van der Waals surface area (Å²) in [7, 11) is 0. The molecular formula is C11H19N3O2. The van der Waals surface area contributed by atoms with Crippen molar-refractivity contribution in [1.29, 1.82) is 0 Å². The van der Waals surface area contributed by atoms with Crippen molar-refractivity contribution >= 4 is 11.9 Å². The van der Waals surface area contributed by atoms with E-state index in [0.717, 1.165) is 12.5 Å². The van der Waals surface area contributed by atoms with E-state index >= 15 is 0 Å². The summed E-state index contributed by atoms with van der Waals surface area (Å²) in [5.41, 5.74) is 0. The number of imidazole rings is 1. The Morgan fingerprint density at radius 2 is 2.31 bits per heavy atom. The van der Waals surface area contributed by atoms with Crippen molar-refractivity contribution in [2.75, 3.05) is 5.32 Å². The lowest BCUT2D eigenvalue weighted by Crippen LogP contribution is -2.29. The third kappa shape index (κ3) is 3.25. The van der Waals surface area contributed by atoms with Gasteiger partial charge in [0.2, 0.25) is 5.95 Å². The van der Waals surface area contributed by atoms with Gasteiger partial charge >= 0.3 is 5.97 Å². The topological polar surface area (TPSA) is 67.2 Å². The molecule has 1 unspecified atom stereocenters. The third-order valence-electron chi connectivity index (χ3n) is 2.57. The number of hydrogen-bond acceptors (Lipinski definition) is 3. The van der Waals surface area contributed by atoms with Gasteiger partial charge in [-0.15, -0.1) is 0 Å². The Balaban J connectivity index is 2.71. The van der Waals surface area contributed by atoms with Gasteiger partial charge in [-0.25, -0.2) is 4.98 Å². The molecule has 1 atom stereocenters. The van der Waals surface area contributed by atoms with Gasteiger partial charge in [-0.05, 0) is 12.8 Å². The number of aryl methyl sites for hydroxylation is 1. The molecule has 0 radical (unpaired) electrons. The van der Waals surface area contributed by atoms with Crippen LogP contribution in [0.2, 0.25) is 0 Å². The molecule has 5 nitrogen and oxygen atoms in total. The summed E-state index contributed by atoms with van der Waals surface area (Å²) in [5.74, 6) is 0.196. The van der Waals surface area contributed by atoms with E-state index in [9.17, 15) is 4.79 Å². The van der Waals surface area contributed by atoms with Gasteiger partial charge in [0.05, 0.1) is 6.42 Å². The zero-order valence-corrected chi connectivity index (χ0v) is 9.97. The van der Waals surface area contributed by atoms with Gasteiger partial charge < -0.3 is 15.0 Å². The van der Waals surface area contributed by atoms with Crippen molar-refractivity contribution in [2.45, 2.75) is 39.8 Å². The molecule has 1 aromatic heterocycles. The van der Waals surface area contributed by atoms with Gasteiger partial charge in [-0.3, -0.25) is 4.79 Å². The van der Waals surface area contributed by atoms with Gasteiger partial charge in [0.25, 0.3) is 0 Å². The number of aromatic nitrogens is 2. The highest BCUT2D eigenvalue weighted by molar-refractivity contribution is 5.68. The summed E-state index contributed by atoms with van der Waals surface area (Å²) in [6.07, 6.45) is 3.69. The van der Waals surface area contributed by atoms with E-state index in [4.69, 9.17) is 5.11 Å². The molecular weight excluding hydrogens is 206 g/mol. The van der Waals surface area contributed by atoms with E-state index in [1.165, 1.54) is 0 Å². The maximum atomic E-state index is 10.7. The summed E-state index contributed by atoms with van der Waals surface area (Å²) < 4.78 is 1.96. The van der Waals surface area contributed by atoms with Gasteiger partial charge in [0.15, 0.2) is 0 Å². The van der Waals surface area contributed by atoms with Crippen LogP contribution in [-0.4, -0.2) is 26.7 Å². The highest BCUT2D eigenvalue weighted by Crippen LogP contribution is 2.13. The predicted molar refractivity (Wildman–Crippen MR) is 62.4 cm³/mol. The monoisotopic (exact) mass is 225 g/mol. The largest absolute Gasteiger partial charge is 0.481 e. The molecule has 0 aliphatic heterocycles. The smallest absolute Gasteiger partial charge is 0.305 e. The second-order valence-electron chi connectivity index (χ2n) is 4.13. The minimum Gasteiger partial charge on any atom is -0.481 e. The standard InChI is InChI=1S/C11H19N3O2/c1-4-14-6-5-12-11(14)13-9(8(2)3)7-10(15)16/h5-6,8-9H,4,7H2,1-3H3,(H,12,13)(H,15,16). The van der Waals surface area contributed by atoms with Crippen LogP contribution in [0.1, 0.15) is 27.2 Å². The van der Waals surface area contributed by atoms with Crippen LogP contribution in [0.4, 0.5) is 5.95 Å². The summed E-state index contributed by atoms with van der Waals surface area (Å²) in [5, 5.41) is 12.0. The van der Waals surface area contributed by atoms with Crippen molar-refractivity contribution in [3.8, 4) is 0 Å². The molecule has 0 aliphatic rings. The number of hydrogen-bond donors (Lipinski definition) is 2. The zero-order chi connectivity index (χ0) is 12.1. The van der Waals surface area contributed by atoms with E-state index in [0.29, 0.717) is 0 Å². The first-order chi connectivity index (χ1) is 7.54. The van der Waals surface area contributed by atoms with Crippen LogP contribution in [0.3, 0.4) is 0 Å². The molecule has 0 spiro atoms. The molecule has 0 fully saturated rings.